The SMILES string of the molecule is CCCNC(=S)NCCN(C)CC. The molecule has 0 radical (unpaired) electrons. The van der Waals surface area contributed by atoms with Crippen molar-refractivity contribution in [2.24, 2.45) is 0 Å². The van der Waals surface area contributed by atoms with Crippen molar-refractivity contribution >= 4 is 17.3 Å². The van der Waals surface area contributed by atoms with Crippen LogP contribution in [-0.4, -0.2) is 43.2 Å². The Kier molecular flexibility index (Phi) is 8.04. The maximum Gasteiger partial charge on any atom is 0.166 e. The normalized spacial score (nSPS) is 10.2. The molecule has 0 saturated heterocycles. The van der Waals surface area contributed by atoms with Gasteiger partial charge in [0.15, 0.2) is 5.11 Å². The summed E-state index contributed by atoms with van der Waals surface area (Å²) < 4.78 is 0. The van der Waals surface area contributed by atoms with Crippen molar-refractivity contribution in [3.63, 3.8) is 0 Å². The van der Waals surface area contributed by atoms with Crippen molar-refractivity contribution < 1.29 is 0 Å². The average molecular weight is 203 g/mol. The molecule has 0 fully saturated rings. The molecule has 0 rings (SSSR count). The van der Waals surface area contributed by atoms with E-state index in [-0.39, 0.29) is 0 Å². The standard InChI is InChI=1S/C9H21N3S/c1-4-6-10-9(13)11-7-8-12(3)5-2/h4-8H2,1-3H3,(H2,10,11,13). The maximum absolute atomic E-state index is 5.07. The zero-order chi connectivity index (χ0) is 10.1. The van der Waals surface area contributed by atoms with Crippen LogP contribution in [0, 0.1) is 0 Å². The molecule has 0 aromatic heterocycles. The number of hydrogen-bond donors (Lipinski definition) is 2. The molecule has 0 aromatic carbocycles. The van der Waals surface area contributed by atoms with Crippen molar-refractivity contribution in [2.45, 2.75) is 20.3 Å². The molecule has 0 atom stereocenters. The van der Waals surface area contributed by atoms with Crippen LogP contribution in [0.3, 0.4) is 0 Å². The Hall–Kier alpha value is -0.350. The second kappa shape index (κ2) is 8.26. The van der Waals surface area contributed by atoms with Gasteiger partial charge in [-0.25, -0.2) is 0 Å². The Morgan fingerprint density at radius 2 is 1.85 bits per heavy atom. The van der Waals surface area contributed by atoms with E-state index < -0.39 is 0 Å². The van der Waals surface area contributed by atoms with Crippen LogP contribution in [0.2, 0.25) is 0 Å². The highest BCUT2D eigenvalue weighted by Gasteiger charge is 1.95. The third kappa shape index (κ3) is 7.99. The molecule has 2 N–H and O–H groups in total. The van der Waals surface area contributed by atoms with Gasteiger partial charge in [-0.2, -0.15) is 0 Å². The summed E-state index contributed by atoms with van der Waals surface area (Å²) in [5, 5.41) is 7.06. The van der Waals surface area contributed by atoms with E-state index in [9.17, 15) is 0 Å². The van der Waals surface area contributed by atoms with Crippen LogP contribution in [0.5, 0.6) is 0 Å². The zero-order valence-corrected chi connectivity index (χ0v) is 9.71. The lowest BCUT2D eigenvalue weighted by Crippen LogP contribution is -2.39. The fourth-order valence-corrected chi connectivity index (χ4v) is 1.02. The van der Waals surface area contributed by atoms with Gasteiger partial charge in [-0.15, -0.1) is 0 Å². The lowest BCUT2D eigenvalue weighted by molar-refractivity contribution is 0.357. The molecular weight excluding hydrogens is 182 g/mol. The summed E-state index contributed by atoms with van der Waals surface area (Å²) in [6, 6.07) is 0. The summed E-state index contributed by atoms with van der Waals surface area (Å²) in [7, 11) is 2.10. The van der Waals surface area contributed by atoms with Crippen LogP contribution in [-0.2, 0) is 0 Å². The van der Waals surface area contributed by atoms with Crippen molar-refractivity contribution in [3.05, 3.63) is 0 Å². The first-order valence-electron chi connectivity index (χ1n) is 4.91. The molecule has 0 heterocycles. The Labute approximate surface area is 86.9 Å². The van der Waals surface area contributed by atoms with Crippen LogP contribution >= 0.6 is 12.2 Å². The molecule has 78 valence electrons. The molecular formula is C9H21N3S. The predicted octanol–water partition coefficient (Wildman–Crippen LogP) is 0.812. The third-order valence-corrected chi connectivity index (χ3v) is 2.14. The Bertz CT molecular complexity index is 139. The van der Waals surface area contributed by atoms with Crippen LogP contribution < -0.4 is 10.6 Å². The summed E-state index contributed by atoms with van der Waals surface area (Å²) in [4.78, 5) is 2.25. The first kappa shape index (κ1) is 12.7. The minimum Gasteiger partial charge on any atom is -0.363 e. The van der Waals surface area contributed by atoms with Crippen molar-refractivity contribution in [2.75, 3.05) is 33.2 Å². The molecule has 0 aromatic rings. The van der Waals surface area contributed by atoms with Gasteiger partial charge in [0.2, 0.25) is 0 Å². The van der Waals surface area contributed by atoms with E-state index in [1.54, 1.807) is 0 Å². The van der Waals surface area contributed by atoms with Crippen molar-refractivity contribution in [1.29, 1.82) is 0 Å². The Morgan fingerprint density at radius 3 is 2.38 bits per heavy atom. The van der Waals surface area contributed by atoms with Gasteiger partial charge in [0.25, 0.3) is 0 Å². The van der Waals surface area contributed by atoms with Gasteiger partial charge in [-0.05, 0) is 32.2 Å². The highest BCUT2D eigenvalue weighted by atomic mass is 32.1. The molecule has 0 aliphatic heterocycles. The van der Waals surface area contributed by atoms with Gasteiger partial charge in [0.05, 0.1) is 0 Å². The van der Waals surface area contributed by atoms with Crippen LogP contribution in [0.25, 0.3) is 0 Å². The van der Waals surface area contributed by atoms with E-state index in [1.807, 2.05) is 0 Å². The minimum absolute atomic E-state index is 0.770. The summed E-state index contributed by atoms with van der Waals surface area (Å²) in [6.07, 6.45) is 1.11. The summed E-state index contributed by atoms with van der Waals surface area (Å²) in [5.74, 6) is 0. The number of rotatable bonds is 6. The molecule has 0 amide bonds. The lowest BCUT2D eigenvalue weighted by Gasteiger charge is -2.15. The summed E-state index contributed by atoms with van der Waals surface area (Å²) >= 11 is 5.07. The fourth-order valence-electron chi connectivity index (χ4n) is 0.819. The Morgan fingerprint density at radius 1 is 1.23 bits per heavy atom. The molecule has 0 spiro atoms. The summed E-state index contributed by atoms with van der Waals surface area (Å²) in [6.45, 7) is 8.25. The third-order valence-electron chi connectivity index (χ3n) is 1.85. The van der Waals surface area contributed by atoms with Crippen molar-refractivity contribution in [1.82, 2.24) is 15.5 Å². The zero-order valence-electron chi connectivity index (χ0n) is 8.89. The Balaban J connectivity index is 3.26. The van der Waals surface area contributed by atoms with Gasteiger partial charge in [-0.3, -0.25) is 0 Å². The first-order valence-corrected chi connectivity index (χ1v) is 5.31. The lowest BCUT2D eigenvalue weighted by atomic mass is 10.5. The molecule has 13 heavy (non-hydrogen) atoms. The van der Waals surface area contributed by atoms with Crippen LogP contribution in [0.4, 0.5) is 0 Å². The largest absolute Gasteiger partial charge is 0.363 e. The van der Waals surface area contributed by atoms with E-state index in [4.69, 9.17) is 12.2 Å². The maximum atomic E-state index is 5.07. The predicted molar refractivity (Wildman–Crippen MR) is 62.1 cm³/mol. The molecule has 0 unspecified atom stereocenters. The van der Waals surface area contributed by atoms with E-state index >= 15 is 0 Å². The first-order chi connectivity index (χ1) is 6.20. The molecule has 0 saturated carbocycles. The second-order valence-electron chi connectivity index (χ2n) is 3.08. The van der Waals surface area contributed by atoms with E-state index in [2.05, 4.69) is 36.4 Å². The highest BCUT2D eigenvalue weighted by Crippen LogP contribution is 1.78. The molecule has 4 heteroatoms. The smallest absolute Gasteiger partial charge is 0.166 e. The van der Waals surface area contributed by atoms with E-state index in [0.29, 0.717) is 0 Å². The molecule has 0 bridgehead atoms. The number of hydrogen-bond acceptors (Lipinski definition) is 2. The van der Waals surface area contributed by atoms with Gasteiger partial charge < -0.3 is 15.5 Å². The van der Waals surface area contributed by atoms with E-state index in [1.165, 1.54) is 0 Å². The fraction of sp³-hybridized carbons (Fsp3) is 0.889. The average Bonchev–Trinajstić information content (AvgIpc) is 2.14. The van der Waals surface area contributed by atoms with Crippen LogP contribution in [0.1, 0.15) is 20.3 Å². The number of nitrogens with zero attached hydrogens (tertiary/aromatic N) is 1. The second-order valence-corrected chi connectivity index (χ2v) is 3.49. The molecule has 3 nitrogen and oxygen atoms in total. The van der Waals surface area contributed by atoms with Crippen LogP contribution in [0.15, 0.2) is 0 Å². The number of thiocarbonyl (C=S) groups is 1. The van der Waals surface area contributed by atoms with Crippen molar-refractivity contribution in [3.8, 4) is 0 Å². The molecule has 0 aliphatic carbocycles. The molecule has 0 aliphatic rings. The van der Waals surface area contributed by atoms with Gasteiger partial charge in [0.1, 0.15) is 0 Å². The van der Waals surface area contributed by atoms with Gasteiger partial charge in [0, 0.05) is 19.6 Å². The summed E-state index contributed by atoms with van der Waals surface area (Å²) in [5.41, 5.74) is 0. The monoisotopic (exact) mass is 203 g/mol. The highest BCUT2D eigenvalue weighted by molar-refractivity contribution is 7.80. The van der Waals surface area contributed by atoms with Gasteiger partial charge in [-0.1, -0.05) is 13.8 Å². The van der Waals surface area contributed by atoms with E-state index in [0.717, 1.165) is 37.7 Å². The quantitative estimate of drug-likeness (QED) is 0.625. The minimum atomic E-state index is 0.770. The number of likely N-dealkylation sites (N-methyl/N-ethyl adjacent to an activating group) is 1. The topological polar surface area (TPSA) is 27.3 Å². The van der Waals surface area contributed by atoms with Gasteiger partial charge >= 0.3 is 0 Å². The number of nitrogens with one attached hydrogen (secondary N) is 2.